The van der Waals surface area contributed by atoms with Crippen molar-refractivity contribution < 1.29 is 24.0 Å². The highest BCUT2D eigenvalue weighted by Gasteiger charge is 2.21. The molecule has 1 amide bonds. The number of carbonyl (C=O) groups excluding carboxylic acids is 1. The molecule has 23 heavy (non-hydrogen) atoms. The lowest BCUT2D eigenvalue weighted by molar-refractivity contribution is 0.0685. The Balaban J connectivity index is 2.17. The van der Waals surface area contributed by atoms with Gasteiger partial charge in [-0.2, -0.15) is 5.10 Å². The molecule has 0 fully saturated rings. The smallest absolute Gasteiger partial charge is 0.358 e. The molecule has 0 unspecified atom stereocenters. The third-order valence-corrected chi connectivity index (χ3v) is 3.10. The number of aryl methyl sites for hydroxylation is 1. The van der Waals surface area contributed by atoms with Crippen LogP contribution in [0.1, 0.15) is 39.1 Å². The van der Waals surface area contributed by atoms with Crippen LogP contribution < -0.4 is 10.2 Å². The van der Waals surface area contributed by atoms with Crippen LogP contribution in [-0.2, 0) is 0 Å². The quantitative estimate of drug-likeness (QED) is 0.642. The summed E-state index contributed by atoms with van der Waals surface area (Å²) >= 11 is 0. The minimum absolute atomic E-state index is 0.243. The Morgan fingerprint density at radius 3 is 2.52 bits per heavy atom. The largest absolute Gasteiger partial charge is 0.497 e. The first-order valence-electron chi connectivity index (χ1n) is 6.62. The van der Waals surface area contributed by atoms with E-state index in [-0.39, 0.29) is 17.0 Å². The molecule has 8 heteroatoms. The van der Waals surface area contributed by atoms with Gasteiger partial charge < -0.3 is 14.4 Å². The lowest BCUT2D eigenvalue weighted by Gasteiger charge is -2.04. The molecule has 1 aromatic heterocycles. The van der Waals surface area contributed by atoms with Crippen molar-refractivity contribution in [1.29, 1.82) is 0 Å². The number of methoxy groups -OCH3 is 1. The molecule has 120 valence electrons. The molecular weight excluding hydrogens is 302 g/mol. The van der Waals surface area contributed by atoms with E-state index >= 15 is 0 Å². The number of hydrogen-bond donors (Lipinski definition) is 2. The maximum Gasteiger partial charge on any atom is 0.358 e. The second-order valence-electron chi connectivity index (χ2n) is 4.63. The summed E-state index contributed by atoms with van der Waals surface area (Å²) in [6, 6.07) is 6.48. The monoisotopic (exact) mass is 317 g/mol. The molecule has 1 heterocycles. The van der Waals surface area contributed by atoms with Crippen molar-refractivity contribution in [2.24, 2.45) is 5.10 Å². The lowest BCUT2D eigenvalue weighted by Crippen LogP contribution is -2.20. The van der Waals surface area contributed by atoms with Crippen molar-refractivity contribution in [3.05, 3.63) is 46.8 Å². The Bertz CT molecular complexity index is 762. The summed E-state index contributed by atoms with van der Waals surface area (Å²) < 4.78 is 9.87. The number of nitrogens with one attached hydrogen (secondary N) is 1. The van der Waals surface area contributed by atoms with Crippen LogP contribution in [0.25, 0.3) is 0 Å². The molecule has 0 aliphatic rings. The Kier molecular flexibility index (Phi) is 4.75. The molecule has 8 nitrogen and oxygen atoms in total. The third-order valence-electron chi connectivity index (χ3n) is 3.10. The van der Waals surface area contributed by atoms with Crippen LogP contribution in [-0.4, -0.2) is 35.0 Å². The normalized spacial score (nSPS) is 11.2. The average molecular weight is 317 g/mol. The topological polar surface area (TPSA) is 114 Å². The summed E-state index contributed by atoms with van der Waals surface area (Å²) in [5.74, 6) is -0.722. The number of carboxylic acid groups (broad SMARTS) is 1. The summed E-state index contributed by atoms with van der Waals surface area (Å²) in [6.45, 7) is 3.12. The van der Waals surface area contributed by atoms with E-state index in [0.29, 0.717) is 17.1 Å². The Morgan fingerprint density at radius 2 is 1.96 bits per heavy atom. The minimum atomic E-state index is -1.23. The fourth-order valence-electron chi connectivity index (χ4n) is 1.94. The van der Waals surface area contributed by atoms with Crippen LogP contribution in [0.2, 0.25) is 0 Å². The molecule has 0 aliphatic carbocycles. The molecule has 0 bridgehead atoms. The fourth-order valence-corrected chi connectivity index (χ4v) is 1.94. The summed E-state index contributed by atoms with van der Waals surface area (Å²) in [6.07, 6.45) is 0. The maximum absolute atomic E-state index is 12.0. The summed E-state index contributed by atoms with van der Waals surface area (Å²) in [5.41, 5.74) is 3.03. The van der Waals surface area contributed by atoms with Crippen molar-refractivity contribution in [2.75, 3.05) is 7.11 Å². The summed E-state index contributed by atoms with van der Waals surface area (Å²) in [5, 5.41) is 16.4. The maximum atomic E-state index is 12.0. The first-order chi connectivity index (χ1) is 10.9. The molecular formula is C15H15N3O5. The molecule has 0 saturated carbocycles. The first-order valence-corrected chi connectivity index (χ1v) is 6.62. The van der Waals surface area contributed by atoms with Crippen molar-refractivity contribution in [1.82, 2.24) is 10.6 Å². The zero-order valence-electron chi connectivity index (χ0n) is 12.8. The molecule has 2 rings (SSSR count). The van der Waals surface area contributed by atoms with E-state index in [1.807, 2.05) is 0 Å². The number of nitrogens with zero attached hydrogens (tertiary/aromatic N) is 2. The minimum Gasteiger partial charge on any atom is -0.497 e. The van der Waals surface area contributed by atoms with Crippen molar-refractivity contribution in [2.45, 2.75) is 13.8 Å². The number of amides is 1. The van der Waals surface area contributed by atoms with Gasteiger partial charge in [-0.1, -0.05) is 5.16 Å². The Morgan fingerprint density at radius 1 is 1.30 bits per heavy atom. The van der Waals surface area contributed by atoms with Crippen LogP contribution in [0.4, 0.5) is 0 Å². The van der Waals surface area contributed by atoms with Crippen LogP contribution in [0.5, 0.6) is 5.75 Å². The molecule has 0 atom stereocenters. The first kappa shape index (κ1) is 16.2. The van der Waals surface area contributed by atoms with E-state index in [9.17, 15) is 9.59 Å². The van der Waals surface area contributed by atoms with Crippen molar-refractivity contribution in [3.8, 4) is 5.75 Å². The molecule has 0 saturated heterocycles. The number of carboxylic acids is 1. The number of ether oxygens (including phenoxy) is 1. The average Bonchev–Trinajstić information content (AvgIpc) is 2.94. The fraction of sp³-hybridized carbons (Fsp3) is 0.200. The molecule has 1 aromatic carbocycles. The molecule has 0 aliphatic heterocycles. The van der Waals surface area contributed by atoms with Gasteiger partial charge in [-0.05, 0) is 38.1 Å². The second-order valence-corrected chi connectivity index (χ2v) is 4.63. The Hall–Kier alpha value is -3.16. The molecule has 0 spiro atoms. The van der Waals surface area contributed by atoms with E-state index in [4.69, 9.17) is 14.4 Å². The van der Waals surface area contributed by atoms with E-state index in [2.05, 4.69) is 15.7 Å². The van der Waals surface area contributed by atoms with E-state index in [1.165, 1.54) is 7.11 Å². The molecule has 2 aromatic rings. The number of hydrazone groups is 1. The highest BCUT2D eigenvalue weighted by Crippen LogP contribution is 2.15. The second kappa shape index (κ2) is 6.73. The van der Waals surface area contributed by atoms with Crippen LogP contribution >= 0.6 is 0 Å². The van der Waals surface area contributed by atoms with Gasteiger partial charge in [-0.25, -0.2) is 10.2 Å². The number of rotatable bonds is 5. The third kappa shape index (κ3) is 3.54. The highest BCUT2D eigenvalue weighted by molar-refractivity contribution is 6.07. The van der Waals surface area contributed by atoms with Gasteiger partial charge in [0.25, 0.3) is 5.91 Å². The van der Waals surface area contributed by atoms with Crippen LogP contribution in [0, 0.1) is 6.92 Å². The SMILES string of the molecule is COc1ccc(C(=O)N/N=C(\C)c2c(C(=O)O)noc2C)cc1. The highest BCUT2D eigenvalue weighted by atomic mass is 16.5. The molecule has 0 radical (unpaired) electrons. The van der Waals surface area contributed by atoms with Gasteiger partial charge >= 0.3 is 5.97 Å². The van der Waals surface area contributed by atoms with E-state index in [0.717, 1.165) is 0 Å². The van der Waals surface area contributed by atoms with Crippen molar-refractivity contribution >= 4 is 17.6 Å². The zero-order valence-corrected chi connectivity index (χ0v) is 12.8. The predicted molar refractivity (Wildman–Crippen MR) is 80.9 cm³/mol. The molecule has 2 N–H and O–H groups in total. The Labute approximate surface area is 131 Å². The van der Waals surface area contributed by atoms with Gasteiger partial charge in [0.15, 0.2) is 0 Å². The van der Waals surface area contributed by atoms with Gasteiger partial charge in [0, 0.05) is 5.56 Å². The van der Waals surface area contributed by atoms with Crippen LogP contribution in [0.3, 0.4) is 0 Å². The van der Waals surface area contributed by atoms with E-state index < -0.39 is 11.9 Å². The summed E-state index contributed by atoms with van der Waals surface area (Å²) in [4.78, 5) is 23.1. The summed E-state index contributed by atoms with van der Waals surface area (Å²) in [7, 11) is 1.53. The van der Waals surface area contributed by atoms with Gasteiger partial charge in [-0.3, -0.25) is 4.79 Å². The number of benzene rings is 1. The number of aromatic carboxylic acids is 1. The predicted octanol–water partition coefficient (Wildman–Crippen LogP) is 1.84. The number of hydrogen-bond acceptors (Lipinski definition) is 6. The van der Waals surface area contributed by atoms with Crippen molar-refractivity contribution in [3.63, 3.8) is 0 Å². The van der Waals surface area contributed by atoms with Gasteiger partial charge in [0.1, 0.15) is 11.5 Å². The standard InChI is InChI=1S/C15H15N3O5/c1-8(12-9(2)23-18-13(12)15(20)21)16-17-14(19)10-4-6-11(22-3)7-5-10/h4-7H,1-3H3,(H,17,19)(H,20,21)/b16-8+. The van der Waals surface area contributed by atoms with Gasteiger partial charge in [0.2, 0.25) is 5.69 Å². The van der Waals surface area contributed by atoms with Gasteiger partial charge in [0.05, 0.1) is 18.4 Å². The zero-order chi connectivity index (χ0) is 17.0. The number of aromatic nitrogens is 1. The van der Waals surface area contributed by atoms with Gasteiger partial charge in [-0.15, -0.1) is 0 Å². The van der Waals surface area contributed by atoms with Crippen LogP contribution in [0.15, 0.2) is 33.9 Å². The lowest BCUT2D eigenvalue weighted by atomic mass is 10.1. The van der Waals surface area contributed by atoms with E-state index in [1.54, 1.807) is 38.1 Å². The number of carbonyl (C=O) groups is 2.